The van der Waals surface area contributed by atoms with Crippen LogP contribution in [0.4, 0.5) is 0 Å². The van der Waals surface area contributed by atoms with Gasteiger partial charge in [0.2, 0.25) is 0 Å². The Hall–Kier alpha value is -0.860. The molecule has 0 radical (unpaired) electrons. The summed E-state index contributed by atoms with van der Waals surface area (Å²) in [6.45, 7) is 4.17. The zero-order valence-electron chi connectivity index (χ0n) is 9.11. The molecule has 1 aromatic carbocycles. The van der Waals surface area contributed by atoms with Gasteiger partial charge in [0, 0.05) is 12.6 Å². The van der Waals surface area contributed by atoms with Crippen LogP contribution < -0.4 is 5.73 Å². The van der Waals surface area contributed by atoms with E-state index in [-0.39, 0.29) is 6.04 Å². The van der Waals surface area contributed by atoms with Crippen molar-refractivity contribution >= 4 is 0 Å². The summed E-state index contributed by atoms with van der Waals surface area (Å²) in [4.78, 5) is 2.24. The molecule has 2 N–H and O–H groups in total. The Morgan fingerprint density at radius 2 is 1.93 bits per heavy atom. The van der Waals surface area contributed by atoms with E-state index in [0.717, 1.165) is 19.5 Å². The lowest BCUT2D eigenvalue weighted by molar-refractivity contribution is 0.325. The summed E-state index contributed by atoms with van der Waals surface area (Å²) in [5.74, 6) is 0. The monoisotopic (exact) mass is 192 g/mol. The highest BCUT2D eigenvalue weighted by molar-refractivity contribution is 5.15. The van der Waals surface area contributed by atoms with E-state index >= 15 is 0 Å². The molecule has 78 valence electrons. The Bertz CT molecular complexity index is 246. The molecule has 0 amide bonds. The highest BCUT2D eigenvalue weighted by Gasteiger charge is 2.05. The van der Waals surface area contributed by atoms with Gasteiger partial charge in [-0.3, -0.25) is 0 Å². The van der Waals surface area contributed by atoms with Crippen molar-refractivity contribution in [1.29, 1.82) is 0 Å². The summed E-state index contributed by atoms with van der Waals surface area (Å²) in [5, 5.41) is 0. The van der Waals surface area contributed by atoms with Gasteiger partial charge in [0.25, 0.3) is 0 Å². The fourth-order valence-electron chi connectivity index (χ4n) is 1.51. The summed E-state index contributed by atoms with van der Waals surface area (Å²) in [6, 6.07) is 10.7. The van der Waals surface area contributed by atoms with Crippen LogP contribution in [-0.4, -0.2) is 31.1 Å². The molecule has 0 saturated carbocycles. The van der Waals surface area contributed by atoms with Crippen molar-refractivity contribution in [2.75, 3.05) is 20.1 Å². The fourth-order valence-corrected chi connectivity index (χ4v) is 1.51. The zero-order valence-corrected chi connectivity index (χ0v) is 9.11. The summed E-state index contributed by atoms with van der Waals surface area (Å²) in [7, 11) is 2.10. The normalized spacial score (nSPS) is 13.1. The van der Waals surface area contributed by atoms with Crippen molar-refractivity contribution in [3.63, 3.8) is 0 Å². The summed E-state index contributed by atoms with van der Waals surface area (Å²) in [5.41, 5.74) is 7.36. The van der Waals surface area contributed by atoms with Crippen molar-refractivity contribution in [3.8, 4) is 0 Å². The first-order valence-corrected chi connectivity index (χ1v) is 5.20. The van der Waals surface area contributed by atoms with Gasteiger partial charge in [-0.15, -0.1) is 0 Å². The Kier molecular flexibility index (Phi) is 4.63. The second kappa shape index (κ2) is 5.78. The summed E-state index contributed by atoms with van der Waals surface area (Å²) in [6.07, 6.45) is 0.963. The Labute approximate surface area is 86.7 Å². The van der Waals surface area contributed by atoms with Crippen LogP contribution in [-0.2, 0) is 6.42 Å². The lowest BCUT2D eigenvalue weighted by Crippen LogP contribution is -2.36. The number of benzene rings is 1. The number of hydrogen-bond acceptors (Lipinski definition) is 2. The molecule has 0 aliphatic rings. The van der Waals surface area contributed by atoms with Gasteiger partial charge in [-0.1, -0.05) is 37.3 Å². The molecule has 14 heavy (non-hydrogen) atoms. The molecule has 2 nitrogen and oxygen atoms in total. The van der Waals surface area contributed by atoms with Gasteiger partial charge in [0.1, 0.15) is 0 Å². The van der Waals surface area contributed by atoms with E-state index in [1.807, 2.05) is 6.07 Å². The van der Waals surface area contributed by atoms with Crippen LogP contribution in [0.15, 0.2) is 30.3 Å². The summed E-state index contributed by atoms with van der Waals surface area (Å²) < 4.78 is 0. The maximum absolute atomic E-state index is 6.04. The lowest BCUT2D eigenvalue weighted by atomic mass is 10.1. The van der Waals surface area contributed by atoms with E-state index in [4.69, 9.17) is 5.73 Å². The van der Waals surface area contributed by atoms with Crippen molar-refractivity contribution in [1.82, 2.24) is 4.90 Å². The minimum Gasteiger partial charge on any atom is -0.326 e. The van der Waals surface area contributed by atoms with E-state index in [2.05, 4.69) is 43.1 Å². The molecule has 0 spiro atoms. The fraction of sp³-hybridized carbons (Fsp3) is 0.500. The molecule has 0 aromatic heterocycles. The number of nitrogens with two attached hydrogens (primary N) is 1. The van der Waals surface area contributed by atoms with Gasteiger partial charge in [0.05, 0.1) is 0 Å². The van der Waals surface area contributed by atoms with Gasteiger partial charge >= 0.3 is 0 Å². The minimum atomic E-state index is 0.238. The van der Waals surface area contributed by atoms with E-state index in [0.29, 0.717) is 0 Å². The predicted molar refractivity (Wildman–Crippen MR) is 61.3 cm³/mol. The number of nitrogens with zero attached hydrogens (tertiary/aromatic N) is 1. The molecule has 1 unspecified atom stereocenters. The predicted octanol–water partition coefficient (Wildman–Crippen LogP) is 1.51. The van der Waals surface area contributed by atoms with Crippen molar-refractivity contribution < 1.29 is 0 Å². The molecular formula is C12H20N2. The van der Waals surface area contributed by atoms with E-state index in [9.17, 15) is 0 Å². The second-order valence-electron chi connectivity index (χ2n) is 3.80. The topological polar surface area (TPSA) is 29.3 Å². The molecule has 0 saturated heterocycles. The average molecular weight is 192 g/mol. The SMILES string of the molecule is CCN(C)CC(N)Cc1ccccc1. The van der Waals surface area contributed by atoms with Crippen LogP contribution in [0.25, 0.3) is 0 Å². The van der Waals surface area contributed by atoms with Gasteiger partial charge in [-0.05, 0) is 25.6 Å². The third kappa shape index (κ3) is 3.90. The minimum absolute atomic E-state index is 0.238. The highest BCUT2D eigenvalue weighted by Crippen LogP contribution is 2.02. The van der Waals surface area contributed by atoms with Crippen LogP contribution in [0, 0.1) is 0 Å². The Morgan fingerprint density at radius 3 is 2.50 bits per heavy atom. The molecule has 1 aromatic rings. The highest BCUT2D eigenvalue weighted by atomic mass is 15.1. The standard InChI is InChI=1S/C12H20N2/c1-3-14(2)10-12(13)9-11-7-5-4-6-8-11/h4-8,12H,3,9-10,13H2,1-2H3. The van der Waals surface area contributed by atoms with Gasteiger partial charge < -0.3 is 10.6 Å². The molecule has 0 bridgehead atoms. The smallest absolute Gasteiger partial charge is 0.0208 e. The van der Waals surface area contributed by atoms with Crippen LogP contribution in [0.2, 0.25) is 0 Å². The van der Waals surface area contributed by atoms with Crippen LogP contribution in [0.1, 0.15) is 12.5 Å². The van der Waals surface area contributed by atoms with Gasteiger partial charge in [0.15, 0.2) is 0 Å². The molecule has 0 fully saturated rings. The van der Waals surface area contributed by atoms with Crippen molar-refractivity contribution in [3.05, 3.63) is 35.9 Å². The van der Waals surface area contributed by atoms with Crippen LogP contribution in [0.5, 0.6) is 0 Å². The number of rotatable bonds is 5. The third-order valence-electron chi connectivity index (χ3n) is 2.43. The van der Waals surface area contributed by atoms with Crippen LogP contribution >= 0.6 is 0 Å². The maximum Gasteiger partial charge on any atom is 0.0208 e. The quantitative estimate of drug-likeness (QED) is 0.766. The van der Waals surface area contributed by atoms with Gasteiger partial charge in [-0.2, -0.15) is 0 Å². The van der Waals surface area contributed by atoms with Crippen molar-refractivity contribution in [2.45, 2.75) is 19.4 Å². The number of likely N-dealkylation sites (N-methyl/N-ethyl adjacent to an activating group) is 1. The molecule has 0 aliphatic heterocycles. The molecule has 0 heterocycles. The number of hydrogen-bond donors (Lipinski definition) is 1. The lowest BCUT2D eigenvalue weighted by Gasteiger charge is -2.19. The van der Waals surface area contributed by atoms with E-state index in [1.165, 1.54) is 5.56 Å². The Balaban J connectivity index is 2.37. The second-order valence-corrected chi connectivity index (χ2v) is 3.80. The Morgan fingerprint density at radius 1 is 1.29 bits per heavy atom. The zero-order chi connectivity index (χ0) is 10.4. The summed E-state index contributed by atoms with van der Waals surface area (Å²) >= 11 is 0. The van der Waals surface area contributed by atoms with Crippen molar-refractivity contribution in [2.24, 2.45) is 5.73 Å². The molecular weight excluding hydrogens is 172 g/mol. The molecule has 1 atom stereocenters. The molecule has 2 heteroatoms. The van der Waals surface area contributed by atoms with E-state index < -0.39 is 0 Å². The average Bonchev–Trinajstić information content (AvgIpc) is 2.19. The molecule has 0 aliphatic carbocycles. The first kappa shape index (κ1) is 11.2. The maximum atomic E-state index is 6.04. The first-order chi connectivity index (χ1) is 6.72. The molecule has 1 rings (SSSR count). The first-order valence-electron chi connectivity index (χ1n) is 5.20. The van der Waals surface area contributed by atoms with Gasteiger partial charge in [-0.25, -0.2) is 0 Å². The van der Waals surface area contributed by atoms with Crippen LogP contribution in [0.3, 0.4) is 0 Å². The third-order valence-corrected chi connectivity index (χ3v) is 2.43. The van der Waals surface area contributed by atoms with E-state index in [1.54, 1.807) is 0 Å². The largest absolute Gasteiger partial charge is 0.326 e.